The predicted molar refractivity (Wildman–Crippen MR) is 154 cm³/mol. The highest BCUT2D eigenvalue weighted by atomic mass is 32.2. The number of H-pyrrole nitrogens is 2. The Labute approximate surface area is 237 Å². The highest BCUT2D eigenvalue weighted by Gasteiger charge is 2.36. The van der Waals surface area contributed by atoms with E-state index in [9.17, 15) is 13.2 Å². The van der Waals surface area contributed by atoms with Gasteiger partial charge in [0.15, 0.2) is 0 Å². The summed E-state index contributed by atoms with van der Waals surface area (Å²) in [5.74, 6) is 1.35. The molecule has 0 atom stereocenters. The van der Waals surface area contributed by atoms with E-state index in [1.165, 1.54) is 12.7 Å². The average molecular weight is 568 g/mol. The Morgan fingerprint density at radius 3 is 1.98 bits per heavy atom. The number of rotatable bonds is 11. The number of sulfonamides is 1. The van der Waals surface area contributed by atoms with Crippen molar-refractivity contribution in [2.24, 2.45) is 0 Å². The van der Waals surface area contributed by atoms with Gasteiger partial charge in [-0.3, -0.25) is 4.79 Å². The minimum atomic E-state index is -3.21. The molecule has 0 radical (unpaired) electrons. The molecule has 216 valence electrons. The van der Waals surface area contributed by atoms with Crippen molar-refractivity contribution in [3.8, 4) is 0 Å². The molecule has 11 heteroatoms. The van der Waals surface area contributed by atoms with Crippen LogP contribution in [0.2, 0.25) is 0 Å². The largest absolute Gasteiger partial charge is 0.347 e. The summed E-state index contributed by atoms with van der Waals surface area (Å²) >= 11 is 0. The zero-order chi connectivity index (χ0) is 28.0. The quantitative estimate of drug-likeness (QED) is 0.322. The van der Waals surface area contributed by atoms with Crippen LogP contribution in [0.15, 0.2) is 49.1 Å². The molecule has 1 aromatic carbocycles. The van der Waals surface area contributed by atoms with E-state index in [0.717, 1.165) is 56.9 Å². The van der Waals surface area contributed by atoms with E-state index in [2.05, 4.69) is 25.3 Å². The highest BCUT2D eigenvalue weighted by molar-refractivity contribution is 7.88. The van der Waals surface area contributed by atoms with Gasteiger partial charge >= 0.3 is 0 Å². The zero-order valence-corrected chi connectivity index (χ0v) is 24.1. The number of carbonyl (C=O) groups is 1. The molecule has 1 amide bonds. The highest BCUT2D eigenvalue weighted by Crippen LogP contribution is 2.32. The lowest BCUT2D eigenvalue weighted by atomic mass is 9.88. The molecule has 10 nitrogen and oxygen atoms in total. The summed E-state index contributed by atoms with van der Waals surface area (Å²) in [6, 6.07) is 8.41. The second-order valence-electron chi connectivity index (χ2n) is 11.2. The molecule has 0 spiro atoms. The summed E-state index contributed by atoms with van der Waals surface area (Å²) in [5, 5.41) is 3.66. The van der Waals surface area contributed by atoms with Crippen LogP contribution in [0.1, 0.15) is 85.4 Å². The molecule has 2 aliphatic rings. The SMILES string of the molecule is CS(=O)(=O)N(C1CCCCC1)C1CCC(NCc2ccc(C(=O)N(Cc3ncc[nH]3)Cc3ncc[nH]3)cc2)CC1. The standard InChI is InChI=1S/C29H41N7O3S/c1-40(38,39)36(25-5-3-2-4-6-25)26-13-11-24(12-14-26)34-19-22-7-9-23(10-8-22)29(37)35(20-27-30-15-16-31-27)21-28-32-17-18-33-28/h7-10,15-18,24-26,34H,2-6,11-14,19-21H2,1H3,(H,30,31)(H,32,33). The fourth-order valence-corrected chi connectivity index (χ4v) is 7.75. The molecule has 40 heavy (non-hydrogen) atoms. The van der Waals surface area contributed by atoms with Crippen molar-refractivity contribution in [2.45, 2.75) is 95.5 Å². The van der Waals surface area contributed by atoms with Crippen LogP contribution in [0, 0.1) is 0 Å². The number of benzene rings is 1. The van der Waals surface area contributed by atoms with E-state index < -0.39 is 10.0 Å². The number of imidazole rings is 2. The first-order valence-corrected chi connectivity index (χ1v) is 16.3. The molecule has 0 unspecified atom stereocenters. The van der Waals surface area contributed by atoms with Crippen molar-refractivity contribution in [2.75, 3.05) is 6.26 Å². The van der Waals surface area contributed by atoms with Gasteiger partial charge in [-0.25, -0.2) is 18.4 Å². The van der Waals surface area contributed by atoms with Crippen LogP contribution in [-0.2, 0) is 29.7 Å². The Bertz CT molecular complexity index is 1260. The molecule has 5 rings (SSSR count). The maximum absolute atomic E-state index is 13.4. The minimum Gasteiger partial charge on any atom is -0.347 e. The fourth-order valence-electron chi connectivity index (χ4n) is 6.25. The smallest absolute Gasteiger partial charge is 0.254 e. The number of aromatic amines is 2. The number of nitrogens with zero attached hydrogens (tertiary/aromatic N) is 4. The Hall–Kier alpha value is -3.02. The normalized spacial score (nSPS) is 20.6. The molecule has 2 fully saturated rings. The number of aromatic nitrogens is 4. The summed E-state index contributed by atoms with van der Waals surface area (Å²) in [5.41, 5.74) is 1.73. The third kappa shape index (κ3) is 7.38. The van der Waals surface area contributed by atoms with Gasteiger partial charge in [0.25, 0.3) is 5.91 Å². The van der Waals surface area contributed by atoms with Gasteiger partial charge in [-0.2, -0.15) is 4.31 Å². The van der Waals surface area contributed by atoms with Crippen molar-refractivity contribution in [3.63, 3.8) is 0 Å². The first kappa shape index (κ1) is 28.5. The maximum Gasteiger partial charge on any atom is 0.254 e. The van der Waals surface area contributed by atoms with E-state index in [-0.39, 0.29) is 18.0 Å². The first-order valence-electron chi connectivity index (χ1n) is 14.4. The van der Waals surface area contributed by atoms with E-state index in [1.807, 2.05) is 28.6 Å². The van der Waals surface area contributed by atoms with E-state index in [4.69, 9.17) is 0 Å². The Balaban J connectivity index is 1.14. The van der Waals surface area contributed by atoms with Gasteiger partial charge in [0.2, 0.25) is 10.0 Å². The summed E-state index contributed by atoms with van der Waals surface area (Å²) in [6.45, 7) is 1.43. The van der Waals surface area contributed by atoms with Crippen LogP contribution >= 0.6 is 0 Å². The third-order valence-corrected chi connectivity index (χ3v) is 9.61. The monoisotopic (exact) mass is 567 g/mol. The second-order valence-corrected chi connectivity index (χ2v) is 13.1. The summed E-state index contributed by atoms with van der Waals surface area (Å²) in [4.78, 5) is 29.8. The van der Waals surface area contributed by atoms with Crippen LogP contribution in [0.4, 0.5) is 0 Å². The molecule has 0 aliphatic heterocycles. The van der Waals surface area contributed by atoms with Gasteiger partial charge in [0.05, 0.1) is 19.3 Å². The number of carbonyl (C=O) groups excluding carboxylic acids is 1. The summed E-state index contributed by atoms with van der Waals surface area (Å²) < 4.78 is 27.2. The van der Waals surface area contributed by atoms with Crippen LogP contribution in [0.25, 0.3) is 0 Å². The van der Waals surface area contributed by atoms with Crippen molar-refractivity contribution < 1.29 is 13.2 Å². The van der Waals surface area contributed by atoms with Gasteiger partial charge < -0.3 is 20.2 Å². The molecule has 0 bridgehead atoms. The van der Waals surface area contributed by atoms with E-state index >= 15 is 0 Å². The van der Waals surface area contributed by atoms with Crippen LogP contribution in [0.5, 0.6) is 0 Å². The van der Waals surface area contributed by atoms with Crippen molar-refractivity contribution >= 4 is 15.9 Å². The van der Waals surface area contributed by atoms with Crippen molar-refractivity contribution in [1.82, 2.24) is 34.5 Å². The number of hydrogen-bond acceptors (Lipinski definition) is 6. The lowest BCUT2D eigenvalue weighted by Crippen LogP contribution is -2.50. The molecule has 2 aromatic heterocycles. The topological polar surface area (TPSA) is 127 Å². The van der Waals surface area contributed by atoms with Crippen LogP contribution in [-0.4, -0.2) is 67.8 Å². The Morgan fingerprint density at radius 2 is 1.45 bits per heavy atom. The van der Waals surface area contributed by atoms with E-state index in [1.54, 1.807) is 29.7 Å². The number of hydrogen-bond donors (Lipinski definition) is 3. The van der Waals surface area contributed by atoms with Crippen molar-refractivity contribution in [1.29, 1.82) is 0 Å². The zero-order valence-electron chi connectivity index (χ0n) is 23.3. The maximum atomic E-state index is 13.4. The molecule has 2 aliphatic carbocycles. The average Bonchev–Trinajstić information content (AvgIpc) is 3.67. The lowest BCUT2D eigenvalue weighted by molar-refractivity contribution is 0.0721. The molecule has 0 saturated heterocycles. The number of nitrogens with one attached hydrogen (secondary N) is 3. The Morgan fingerprint density at radius 1 is 0.875 bits per heavy atom. The molecular formula is C29H41N7O3S. The Kier molecular flexibility index (Phi) is 9.33. The molecular weight excluding hydrogens is 526 g/mol. The first-order chi connectivity index (χ1) is 19.4. The van der Waals surface area contributed by atoms with Crippen LogP contribution < -0.4 is 5.32 Å². The summed E-state index contributed by atoms with van der Waals surface area (Å²) in [7, 11) is -3.21. The summed E-state index contributed by atoms with van der Waals surface area (Å²) in [6.07, 6.45) is 17.4. The molecule has 3 N–H and O–H groups in total. The van der Waals surface area contributed by atoms with Crippen LogP contribution in [0.3, 0.4) is 0 Å². The van der Waals surface area contributed by atoms with Gasteiger partial charge in [-0.05, 0) is 56.2 Å². The van der Waals surface area contributed by atoms with E-state index in [0.29, 0.717) is 42.9 Å². The predicted octanol–water partition coefficient (Wildman–Crippen LogP) is 3.97. The molecule has 2 heterocycles. The lowest BCUT2D eigenvalue weighted by Gasteiger charge is -2.41. The number of amides is 1. The minimum absolute atomic E-state index is 0.0842. The van der Waals surface area contributed by atoms with Gasteiger partial charge in [0.1, 0.15) is 11.6 Å². The second kappa shape index (κ2) is 13.1. The third-order valence-electron chi connectivity index (χ3n) is 8.25. The molecule has 2 saturated carbocycles. The van der Waals surface area contributed by atoms with Gasteiger partial charge in [-0.15, -0.1) is 0 Å². The van der Waals surface area contributed by atoms with Gasteiger partial charge in [-0.1, -0.05) is 31.4 Å². The molecule has 3 aromatic rings. The van der Waals surface area contributed by atoms with Crippen molar-refractivity contribution in [3.05, 3.63) is 71.8 Å². The fraction of sp³-hybridized carbons (Fsp3) is 0.552. The van der Waals surface area contributed by atoms with Gasteiger partial charge in [0, 0.05) is 55.0 Å².